The molecule has 3 aromatic heterocycles. The Hall–Kier alpha value is -4.14. The molecule has 5 aromatic rings. The molecule has 0 aliphatic carbocycles. The van der Waals surface area contributed by atoms with E-state index in [1.807, 2.05) is 30.5 Å². The second-order valence-corrected chi connectivity index (χ2v) is 9.26. The van der Waals surface area contributed by atoms with Crippen LogP contribution in [0.15, 0.2) is 67.1 Å². The molecule has 5 rings (SSSR count). The molecule has 0 unspecified atom stereocenters. The van der Waals surface area contributed by atoms with Gasteiger partial charge < -0.3 is 15.6 Å². The number of para-hydroxylation sites is 1. The highest BCUT2D eigenvalue weighted by Crippen LogP contribution is 2.30. The Kier molecular flexibility index (Phi) is 6.69. The molecule has 10 heteroatoms. The molecule has 37 heavy (non-hydrogen) atoms. The van der Waals surface area contributed by atoms with Crippen LogP contribution in [0.4, 0.5) is 5.82 Å². The van der Waals surface area contributed by atoms with Crippen molar-refractivity contribution in [1.29, 1.82) is 0 Å². The molecular weight excluding hydrogens is 513 g/mol. The van der Waals surface area contributed by atoms with E-state index in [1.165, 1.54) is 29.8 Å². The third-order valence-electron chi connectivity index (χ3n) is 6.00. The first kappa shape index (κ1) is 24.5. The molecule has 0 atom stereocenters. The summed E-state index contributed by atoms with van der Waals surface area (Å²) in [6.45, 7) is 1.79. The molecule has 3 N–H and O–H groups in total. The number of rotatable bonds is 6. The summed E-state index contributed by atoms with van der Waals surface area (Å²) in [5.41, 5.74) is 2.98. The number of halogens is 2. The van der Waals surface area contributed by atoms with Crippen molar-refractivity contribution in [2.24, 2.45) is 0 Å². The van der Waals surface area contributed by atoms with Crippen molar-refractivity contribution in [2.75, 3.05) is 11.9 Å². The summed E-state index contributed by atoms with van der Waals surface area (Å²) in [5, 5.41) is 7.33. The molecule has 0 bridgehead atoms. The summed E-state index contributed by atoms with van der Waals surface area (Å²) in [5.74, 6) is -0.759. The van der Waals surface area contributed by atoms with Gasteiger partial charge in [0.2, 0.25) is 5.91 Å². The Morgan fingerprint density at radius 3 is 2.54 bits per heavy atom. The van der Waals surface area contributed by atoms with Crippen LogP contribution in [0.5, 0.6) is 0 Å². The lowest BCUT2D eigenvalue weighted by atomic mass is 10.1. The number of pyridine rings is 1. The number of hydrogen-bond acceptors (Lipinski definition) is 4. The van der Waals surface area contributed by atoms with Crippen molar-refractivity contribution in [3.05, 3.63) is 93.9 Å². The van der Waals surface area contributed by atoms with E-state index in [0.29, 0.717) is 29.7 Å². The third-order valence-corrected chi connectivity index (χ3v) is 6.60. The molecule has 0 aliphatic heterocycles. The lowest BCUT2D eigenvalue weighted by Crippen LogP contribution is -2.26. The van der Waals surface area contributed by atoms with Gasteiger partial charge in [-0.15, -0.1) is 0 Å². The Balaban J connectivity index is 1.34. The van der Waals surface area contributed by atoms with Gasteiger partial charge in [-0.25, -0.2) is 4.98 Å². The minimum atomic E-state index is -0.476. The zero-order valence-corrected chi connectivity index (χ0v) is 21.2. The number of H-pyrrole nitrogens is 1. The van der Waals surface area contributed by atoms with Crippen molar-refractivity contribution in [2.45, 2.75) is 13.3 Å². The highest BCUT2D eigenvalue weighted by molar-refractivity contribution is 6.40. The molecule has 0 saturated carbocycles. The molecule has 3 heterocycles. The smallest absolute Gasteiger partial charge is 0.265 e. The van der Waals surface area contributed by atoms with Crippen LogP contribution in [0.3, 0.4) is 0 Å². The van der Waals surface area contributed by atoms with Gasteiger partial charge in [0.25, 0.3) is 11.8 Å². The van der Waals surface area contributed by atoms with Crippen LogP contribution in [-0.2, 0) is 11.2 Å². The van der Waals surface area contributed by atoms with Gasteiger partial charge in [-0.1, -0.05) is 41.4 Å². The van der Waals surface area contributed by atoms with Gasteiger partial charge in [0.1, 0.15) is 5.82 Å². The van der Waals surface area contributed by atoms with Crippen molar-refractivity contribution < 1.29 is 14.4 Å². The Morgan fingerprint density at radius 1 is 1.03 bits per heavy atom. The normalized spacial score (nSPS) is 11.1. The zero-order chi connectivity index (χ0) is 26.1. The van der Waals surface area contributed by atoms with Crippen molar-refractivity contribution in [1.82, 2.24) is 19.9 Å². The fraction of sp³-hybridized carbons (Fsp3) is 0.111. The number of nitrogens with one attached hydrogen (secondary N) is 3. The van der Waals surface area contributed by atoms with Crippen LogP contribution in [0.1, 0.15) is 33.2 Å². The van der Waals surface area contributed by atoms with Crippen LogP contribution in [0.2, 0.25) is 10.0 Å². The van der Waals surface area contributed by atoms with Gasteiger partial charge in [0, 0.05) is 53.9 Å². The Labute approximate surface area is 221 Å². The standard InChI is InChI=1S/C27H21Cl2N5O3/c1-15(35)33-25-19-8-11-34(23(19)7-10-30-25)27(37)24-20(28)12-17(13-21(24)29)26(36)31-9-6-16-14-32-22-5-3-2-4-18(16)22/h2-5,7-8,10-14,32H,6,9H2,1H3,(H,31,36)(H,30,33,35). The average Bonchev–Trinajstić information content (AvgIpc) is 3.48. The quantitative estimate of drug-likeness (QED) is 0.269. The third kappa shape index (κ3) is 4.81. The summed E-state index contributed by atoms with van der Waals surface area (Å²) in [7, 11) is 0. The van der Waals surface area contributed by atoms with Gasteiger partial charge in [-0.05, 0) is 42.3 Å². The predicted octanol–water partition coefficient (Wildman–Crippen LogP) is 5.44. The minimum Gasteiger partial charge on any atom is -0.361 e. The predicted molar refractivity (Wildman–Crippen MR) is 145 cm³/mol. The lowest BCUT2D eigenvalue weighted by molar-refractivity contribution is -0.114. The second kappa shape index (κ2) is 10.1. The topological polar surface area (TPSA) is 109 Å². The molecular formula is C27H21Cl2N5O3. The van der Waals surface area contributed by atoms with E-state index >= 15 is 0 Å². The van der Waals surface area contributed by atoms with Crippen LogP contribution in [0, 0.1) is 0 Å². The average molecular weight is 534 g/mol. The number of carbonyl (C=O) groups excluding carboxylic acids is 3. The van der Waals surface area contributed by atoms with Gasteiger partial charge in [0.05, 0.1) is 21.1 Å². The maximum Gasteiger partial charge on any atom is 0.265 e. The molecule has 0 fully saturated rings. The zero-order valence-electron chi connectivity index (χ0n) is 19.6. The summed E-state index contributed by atoms with van der Waals surface area (Å²) >= 11 is 12.9. The van der Waals surface area contributed by atoms with E-state index in [2.05, 4.69) is 20.6 Å². The maximum atomic E-state index is 13.4. The number of carbonyl (C=O) groups is 3. The minimum absolute atomic E-state index is 0.0530. The van der Waals surface area contributed by atoms with Gasteiger partial charge in [0.15, 0.2) is 0 Å². The molecule has 0 aliphatic rings. The number of aromatic nitrogens is 3. The number of anilines is 1. The van der Waals surface area contributed by atoms with Crippen LogP contribution in [0.25, 0.3) is 21.8 Å². The molecule has 2 aromatic carbocycles. The number of nitrogens with zero attached hydrogens (tertiary/aromatic N) is 2. The number of amides is 2. The summed E-state index contributed by atoms with van der Waals surface area (Å²) in [6.07, 6.45) is 5.62. The fourth-order valence-corrected chi connectivity index (χ4v) is 4.94. The first-order chi connectivity index (χ1) is 17.8. The largest absolute Gasteiger partial charge is 0.361 e. The van der Waals surface area contributed by atoms with Crippen molar-refractivity contribution in [3.63, 3.8) is 0 Å². The summed E-state index contributed by atoms with van der Waals surface area (Å²) in [4.78, 5) is 45.0. The van der Waals surface area contributed by atoms with Crippen LogP contribution < -0.4 is 10.6 Å². The van der Waals surface area contributed by atoms with Gasteiger partial charge in [-0.2, -0.15) is 0 Å². The Morgan fingerprint density at radius 2 is 1.78 bits per heavy atom. The SMILES string of the molecule is CC(=O)Nc1nccc2c1ccn2C(=O)c1c(Cl)cc(C(=O)NCCc2c[nH]c3ccccc23)cc1Cl. The molecule has 0 spiro atoms. The van der Waals surface area contributed by atoms with E-state index in [1.54, 1.807) is 18.3 Å². The number of fused-ring (bicyclic) bond motifs is 2. The van der Waals surface area contributed by atoms with E-state index in [0.717, 1.165) is 16.5 Å². The highest BCUT2D eigenvalue weighted by Gasteiger charge is 2.22. The van der Waals surface area contributed by atoms with Crippen LogP contribution in [-0.4, -0.2) is 38.8 Å². The van der Waals surface area contributed by atoms with E-state index < -0.39 is 5.91 Å². The molecule has 8 nitrogen and oxygen atoms in total. The van der Waals surface area contributed by atoms with Crippen LogP contribution >= 0.6 is 23.2 Å². The highest BCUT2D eigenvalue weighted by atomic mass is 35.5. The molecule has 2 amide bonds. The van der Waals surface area contributed by atoms with Crippen molar-refractivity contribution in [3.8, 4) is 0 Å². The fourth-order valence-electron chi connectivity index (χ4n) is 4.29. The number of benzene rings is 2. The molecule has 0 saturated heterocycles. The second-order valence-electron chi connectivity index (χ2n) is 8.44. The first-order valence-electron chi connectivity index (χ1n) is 11.4. The van der Waals surface area contributed by atoms with E-state index in [-0.39, 0.29) is 33.0 Å². The first-order valence-corrected chi connectivity index (χ1v) is 12.2. The summed E-state index contributed by atoms with van der Waals surface area (Å²) in [6, 6.07) is 14.1. The monoisotopic (exact) mass is 533 g/mol. The Bertz CT molecular complexity index is 1670. The molecule has 186 valence electrons. The van der Waals surface area contributed by atoms with Crippen molar-refractivity contribution >= 4 is 68.5 Å². The number of aromatic amines is 1. The number of hydrogen-bond donors (Lipinski definition) is 3. The van der Waals surface area contributed by atoms with Gasteiger partial charge in [-0.3, -0.25) is 19.0 Å². The summed E-state index contributed by atoms with van der Waals surface area (Å²) < 4.78 is 1.37. The maximum absolute atomic E-state index is 13.4. The van der Waals surface area contributed by atoms with E-state index in [4.69, 9.17) is 23.2 Å². The lowest BCUT2D eigenvalue weighted by Gasteiger charge is -2.11. The molecule has 0 radical (unpaired) electrons. The van der Waals surface area contributed by atoms with Gasteiger partial charge >= 0.3 is 0 Å². The van der Waals surface area contributed by atoms with E-state index in [9.17, 15) is 14.4 Å².